The molecule has 0 aliphatic rings. The Kier molecular flexibility index (Phi) is 2.37. The van der Waals surface area contributed by atoms with E-state index in [1.165, 1.54) is 5.39 Å². The van der Waals surface area contributed by atoms with Crippen molar-refractivity contribution in [2.24, 2.45) is 0 Å². The topological polar surface area (TPSA) is 35.2 Å². The highest BCUT2D eigenvalue weighted by Crippen LogP contribution is 2.22. The first kappa shape index (κ1) is 9.03. The summed E-state index contributed by atoms with van der Waals surface area (Å²) in [6.45, 7) is 0.629. The van der Waals surface area contributed by atoms with Gasteiger partial charge in [0.2, 0.25) is 0 Å². The van der Waals surface area contributed by atoms with Crippen LogP contribution in [-0.2, 0) is 11.3 Å². The molecule has 0 spiro atoms. The molecule has 0 saturated carbocycles. The summed E-state index contributed by atoms with van der Waals surface area (Å²) in [5.74, 6) is 0. The zero-order valence-electron chi connectivity index (χ0n) is 8.16. The quantitative estimate of drug-likeness (QED) is 0.733. The third kappa shape index (κ3) is 1.56. The Labute approximate surface area is 83.3 Å². The first-order valence-electron chi connectivity index (χ1n) is 4.57. The minimum atomic E-state index is 0.629. The predicted molar refractivity (Wildman–Crippen MR) is 59.1 cm³/mol. The second-order valence-corrected chi connectivity index (χ2v) is 3.34. The molecule has 14 heavy (non-hydrogen) atoms. The second kappa shape index (κ2) is 3.68. The molecule has 2 nitrogen and oxygen atoms in total. The minimum absolute atomic E-state index is 0.629. The first-order chi connectivity index (χ1) is 6.81. The average Bonchev–Trinajstić information content (AvgIpc) is 2.20. The lowest BCUT2D eigenvalue weighted by molar-refractivity contribution is 0.185. The van der Waals surface area contributed by atoms with Crippen molar-refractivity contribution in [2.75, 3.05) is 12.8 Å². The van der Waals surface area contributed by atoms with Crippen LogP contribution in [0.5, 0.6) is 0 Å². The van der Waals surface area contributed by atoms with E-state index in [1.54, 1.807) is 7.11 Å². The van der Waals surface area contributed by atoms with Gasteiger partial charge in [-0.1, -0.05) is 24.3 Å². The van der Waals surface area contributed by atoms with E-state index in [2.05, 4.69) is 24.3 Å². The molecule has 2 rings (SSSR count). The molecule has 0 radical (unpaired) electrons. The summed E-state index contributed by atoms with van der Waals surface area (Å²) < 4.78 is 5.08. The summed E-state index contributed by atoms with van der Waals surface area (Å²) in [5, 5.41) is 2.27. The fraction of sp³-hybridized carbons (Fsp3) is 0.167. The van der Waals surface area contributed by atoms with Gasteiger partial charge in [-0.3, -0.25) is 0 Å². The number of ether oxygens (including phenoxy) is 1. The second-order valence-electron chi connectivity index (χ2n) is 3.34. The van der Waals surface area contributed by atoms with Crippen molar-refractivity contribution in [3.63, 3.8) is 0 Å². The van der Waals surface area contributed by atoms with Gasteiger partial charge in [-0.2, -0.15) is 0 Å². The van der Waals surface area contributed by atoms with E-state index in [1.807, 2.05) is 12.1 Å². The van der Waals surface area contributed by atoms with Crippen LogP contribution in [0.2, 0.25) is 0 Å². The summed E-state index contributed by atoms with van der Waals surface area (Å²) in [5.41, 5.74) is 7.85. The maximum atomic E-state index is 5.88. The molecule has 0 fully saturated rings. The SMILES string of the molecule is COCc1ccc2cccc(N)c2c1. The summed E-state index contributed by atoms with van der Waals surface area (Å²) in [4.78, 5) is 0. The van der Waals surface area contributed by atoms with Crippen LogP contribution in [0.15, 0.2) is 36.4 Å². The number of hydrogen-bond donors (Lipinski definition) is 1. The zero-order valence-corrected chi connectivity index (χ0v) is 8.16. The highest BCUT2D eigenvalue weighted by molar-refractivity contribution is 5.93. The molecule has 0 bridgehead atoms. The number of methoxy groups -OCH3 is 1. The van der Waals surface area contributed by atoms with Crippen molar-refractivity contribution in [1.82, 2.24) is 0 Å². The maximum Gasteiger partial charge on any atom is 0.0713 e. The molecule has 0 aromatic heterocycles. The van der Waals surface area contributed by atoms with Gasteiger partial charge in [-0.25, -0.2) is 0 Å². The highest BCUT2D eigenvalue weighted by atomic mass is 16.5. The molecule has 0 heterocycles. The van der Waals surface area contributed by atoms with Crippen LogP contribution in [0.1, 0.15) is 5.56 Å². The van der Waals surface area contributed by atoms with Gasteiger partial charge in [-0.15, -0.1) is 0 Å². The molecule has 0 saturated heterocycles. The minimum Gasteiger partial charge on any atom is -0.398 e. The smallest absolute Gasteiger partial charge is 0.0713 e. The van der Waals surface area contributed by atoms with Gasteiger partial charge in [0.05, 0.1) is 6.61 Å². The average molecular weight is 187 g/mol. The van der Waals surface area contributed by atoms with Gasteiger partial charge in [0, 0.05) is 18.2 Å². The van der Waals surface area contributed by atoms with E-state index < -0.39 is 0 Å². The Morgan fingerprint density at radius 1 is 1.21 bits per heavy atom. The largest absolute Gasteiger partial charge is 0.398 e. The Hall–Kier alpha value is -1.54. The zero-order chi connectivity index (χ0) is 9.97. The molecule has 0 aliphatic heterocycles. The summed E-state index contributed by atoms with van der Waals surface area (Å²) >= 11 is 0. The fourth-order valence-electron chi connectivity index (χ4n) is 1.60. The van der Waals surface area contributed by atoms with Crippen molar-refractivity contribution < 1.29 is 4.74 Å². The monoisotopic (exact) mass is 187 g/mol. The van der Waals surface area contributed by atoms with Crippen molar-refractivity contribution in [1.29, 1.82) is 0 Å². The van der Waals surface area contributed by atoms with Crippen LogP contribution in [0.25, 0.3) is 10.8 Å². The molecule has 0 aliphatic carbocycles. The number of nitrogens with two attached hydrogens (primary N) is 1. The Bertz CT molecular complexity index is 451. The van der Waals surface area contributed by atoms with E-state index in [-0.39, 0.29) is 0 Å². The third-order valence-electron chi connectivity index (χ3n) is 2.29. The van der Waals surface area contributed by atoms with Crippen LogP contribution in [0.3, 0.4) is 0 Å². The first-order valence-corrected chi connectivity index (χ1v) is 4.57. The number of nitrogen functional groups attached to an aromatic ring is 1. The lowest BCUT2D eigenvalue weighted by atomic mass is 10.1. The molecule has 0 atom stereocenters. The summed E-state index contributed by atoms with van der Waals surface area (Å²) in [6.07, 6.45) is 0. The van der Waals surface area contributed by atoms with Crippen molar-refractivity contribution >= 4 is 16.5 Å². The van der Waals surface area contributed by atoms with Crippen molar-refractivity contribution in [2.45, 2.75) is 6.61 Å². The van der Waals surface area contributed by atoms with Gasteiger partial charge < -0.3 is 10.5 Å². The highest BCUT2D eigenvalue weighted by Gasteiger charge is 1.98. The van der Waals surface area contributed by atoms with E-state index in [4.69, 9.17) is 10.5 Å². The molecular formula is C12H13NO. The third-order valence-corrected chi connectivity index (χ3v) is 2.29. The lowest BCUT2D eigenvalue weighted by Crippen LogP contribution is -1.90. The molecule has 2 N–H and O–H groups in total. The number of hydrogen-bond acceptors (Lipinski definition) is 2. The fourth-order valence-corrected chi connectivity index (χ4v) is 1.60. The lowest BCUT2D eigenvalue weighted by Gasteiger charge is -2.04. The Balaban J connectivity index is 2.58. The van der Waals surface area contributed by atoms with E-state index in [9.17, 15) is 0 Å². The van der Waals surface area contributed by atoms with Crippen LogP contribution in [0.4, 0.5) is 5.69 Å². The normalized spacial score (nSPS) is 10.6. The van der Waals surface area contributed by atoms with Crippen LogP contribution >= 0.6 is 0 Å². The van der Waals surface area contributed by atoms with E-state index >= 15 is 0 Å². The predicted octanol–water partition coefficient (Wildman–Crippen LogP) is 2.57. The molecule has 0 unspecified atom stereocenters. The number of rotatable bonds is 2. The van der Waals surface area contributed by atoms with Gasteiger partial charge in [0.1, 0.15) is 0 Å². The van der Waals surface area contributed by atoms with Crippen LogP contribution in [0, 0.1) is 0 Å². The summed E-state index contributed by atoms with van der Waals surface area (Å²) in [7, 11) is 1.69. The van der Waals surface area contributed by atoms with Gasteiger partial charge in [-0.05, 0) is 23.1 Å². The molecule has 2 aromatic rings. The maximum absolute atomic E-state index is 5.88. The molecule has 2 heteroatoms. The van der Waals surface area contributed by atoms with Crippen LogP contribution in [-0.4, -0.2) is 7.11 Å². The van der Waals surface area contributed by atoms with Crippen molar-refractivity contribution in [3.05, 3.63) is 42.0 Å². The number of anilines is 1. The van der Waals surface area contributed by atoms with E-state index in [0.29, 0.717) is 6.61 Å². The van der Waals surface area contributed by atoms with Gasteiger partial charge in [0.15, 0.2) is 0 Å². The van der Waals surface area contributed by atoms with Gasteiger partial charge in [0.25, 0.3) is 0 Å². The molecule has 2 aromatic carbocycles. The number of benzene rings is 2. The molecule has 72 valence electrons. The van der Waals surface area contributed by atoms with Crippen LogP contribution < -0.4 is 5.73 Å². The Morgan fingerprint density at radius 2 is 2.07 bits per heavy atom. The van der Waals surface area contributed by atoms with E-state index in [0.717, 1.165) is 16.6 Å². The summed E-state index contributed by atoms with van der Waals surface area (Å²) in [6, 6.07) is 12.1. The Morgan fingerprint density at radius 3 is 2.86 bits per heavy atom. The standard InChI is InChI=1S/C12H13NO/c1-14-8-9-5-6-10-3-2-4-12(13)11(10)7-9/h2-7H,8,13H2,1H3. The molecular weight excluding hydrogens is 174 g/mol. The van der Waals surface area contributed by atoms with Crippen molar-refractivity contribution in [3.8, 4) is 0 Å². The van der Waals surface area contributed by atoms with Gasteiger partial charge >= 0.3 is 0 Å². The molecule has 0 amide bonds. The number of fused-ring (bicyclic) bond motifs is 1.